The van der Waals surface area contributed by atoms with E-state index in [0.717, 1.165) is 44.3 Å². The van der Waals surface area contributed by atoms with E-state index < -0.39 is 5.60 Å². The number of benzene rings is 1. The maximum absolute atomic E-state index is 12.0. The van der Waals surface area contributed by atoms with Gasteiger partial charge >= 0.3 is 5.97 Å². The van der Waals surface area contributed by atoms with Crippen molar-refractivity contribution >= 4 is 21.9 Å². The van der Waals surface area contributed by atoms with Gasteiger partial charge in [0.2, 0.25) is 0 Å². The smallest absolute Gasteiger partial charge is 0.302 e. The van der Waals surface area contributed by atoms with E-state index in [0.29, 0.717) is 24.2 Å². The Bertz CT molecular complexity index is 860. The van der Waals surface area contributed by atoms with Crippen LogP contribution in [0.4, 0.5) is 0 Å². The molecule has 0 spiro atoms. The van der Waals surface area contributed by atoms with Gasteiger partial charge in [-0.1, -0.05) is 48.0 Å². The number of rotatable bonds is 3. The van der Waals surface area contributed by atoms with Crippen molar-refractivity contribution in [2.24, 2.45) is 28.6 Å². The van der Waals surface area contributed by atoms with Crippen LogP contribution in [0.5, 0.6) is 5.75 Å². The molecule has 1 aromatic rings. The van der Waals surface area contributed by atoms with Gasteiger partial charge in [-0.25, -0.2) is 0 Å². The number of esters is 1. The van der Waals surface area contributed by atoms with Crippen LogP contribution in [0.15, 0.2) is 30.3 Å². The highest BCUT2D eigenvalue weighted by Crippen LogP contribution is 2.68. The van der Waals surface area contributed by atoms with E-state index in [9.17, 15) is 9.90 Å². The van der Waals surface area contributed by atoms with Crippen LogP contribution in [-0.4, -0.2) is 33.7 Å². The zero-order valence-corrected chi connectivity index (χ0v) is 21.1. The molecule has 1 N–H and O–H groups in total. The van der Waals surface area contributed by atoms with Crippen molar-refractivity contribution in [3.05, 3.63) is 30.3 Å². The molecule has 4 nitrogen and oxygen atoms in total. The molecule has 5 rings (SSSR count). The maximum Gasteiger partial charge on any atom is 0.302 e. The number of para-hydroxylation sites is 1. The van der Waals surface area contributed by atoms with Crippen LogP contribution in [0.2, 0.25) is 0 Å². The van der Waals surface area contributed by atoms with Gasteiger partial charge in [0.1, 0.15) is 18.0 Å². The van der Waals surface area contributed by atoms with Crippen molar-refractivity contribution in [3.8, 4) is 5.75 Å². The second kappa shape index (κ2) is 8.01. The van der Waals surface area contributed by atoms with Gasteiger partial charge in [0, 0.05) is 29.0 Å². The summed E-state index contributed by atoms with van der Waals surface area (Å²) in [5.74, 6) is 2.47. The Morgan fingerprint density at radius 2 is 1.81 bits per heavy atom. The highest BCUT2D eigenvalue weighted by atomic mass is 79.9. The molecule has 0 radical (unpaired) electrons. The van der Waals surface area contributed by atoms with Crippen molar-refractivity contribution in [1.82, 2.24) is 0 Å². The maximum atomic E-state index is 12.0. The molecule has 4 saturated carbocycles. The van der Waals surface area contributed by atoms with Gasteiger partial charge in [-0.05, 0) is 74.8 Å². The van der Waals surface area contributed by atoms with Crippen molar-refractivity contribution in [2.45, 2.75) is 94.8 Å². The second-order valence-electron chi connectivity index (χ2n) is 11.4. The summed E-state index contributed by atoms with van der Waals surface area (Å²) in [6.07, 6.45) is 8.00. The number of hydrogen-bond donors (Lipinski definition) is 1. The lowest BCUT2D eigenvalue weighted by molar-refractivity contribution is -0.219. The first-order chi connectivity index (χ1) is 15.2. The normalized spacial score (nSPS) is 47.7. The third-order valence-electron chi connectivity index (χ3n) is 10.0. The van der Waals surface area contributed by atoms with E-state index in [1.165, 1.54) is 13.3 Å². The Kier molecular flexibility index (Phi) is 5.68. The van der Waals surface area contributed by atoms with E-state index >= 15 is 0 Å². The molecule has 0 aromatic heterocycles. The average molecular weight is 505 g/mol. The van der Waals surface area contributed by atoms with E-state index in [1.807, 2.05) is 18.2 Å². The molecule has 4 unspecified atom stereocenters. The van der Waals surface area contributed by atoms with Gasteiger partial charge in [-0.15, -0.1) is 0 Å². The number of fused-ring (bicyclic) bond motifs is 5. The predicted molar refractivity (Wildman–Crippen MR) is 128 cm³/mol. The number of ether oxygens (including phenoxy) is 2. The van der Waals surface area contributed by atoms with Crippen molar-refractivity contribution in [2.75, 3.05) is 0 Å². The van der Waals surface area contributed by atoms with Gasteiger partial charge in [0.05, 0.1) is 5.60 Å². The predicted octanol–water partition coefficient (Wildman–Crippen LogP) is 5.90. The van der Waals surface area contributed by atoms with Crippen molar-refractivity contribution in [1.29, 1.82) is 0 Å². The monoisotopic (exact) mass is 504 g/mol. The fraction of sp³-hybridized carbons (Fsp3) is 0.741. The molecule has 32 heavy (non-hydrogen) atoms. The van der Waals surface area contributed by atoms with Gasteiger partial charge < -0.3 is 14.6 Å². The first kappa shape index (κ1) is 22.7. The fourth-order valence-corrected chi connectivity index (χ4v) is 9.48. The first-order valence-corrected chi connectivity index (χ1v) is 13.3. The fourth-order valence-electron chi connectivity index (χ4n) is 8.34. The molecule has 0 heterocycles. The van der Waals surface area contributed by atoms with Crippen LogP contribution >= 0.6 is 15.9 Å². The van der Waals surface area contributed by atoms with E-state index in [-0.39, 0.29) is 33.8 Å². The Balaban J connectivity index is 1.39. The minimum absolute atomic E-state index is 0.0241. The minimum atomic E-state index is -0.835. The average Bonchev–Trinajstić information content (AvgIpc) is 3.07. The Morgan fingerprint density at radius 3 is 2.53 bits per heavy atom. The summed E-state index contributed by atoms with van der Waals surface area (Å²) in [5, 5.41) is 12.0. The van der Waals surface area contributed by atoms with Crippen LogP contribution in [0, 0.1) is 28.6 Å². The molecule has 1 aromatic carbocycles. The largest absolute Gasteiger partial charge is 0.490 e. The minimum Gasteiger partial charge on any atom is -0.490 e. The summed E-state index contributed by atoms with van der Waals surface area (Å²) in [6.45, 7) is 6.24. The molecular weight excluding hydrogens is 468 g/mol. The number of hydrogen-bond acceptors (Lipinski definition) is 4. The molecule has 4 aliphatic carbocycles. The number of alkyl halides is 1. The molecule has 0 bridgehead atoms. The van der Waals surface area contributed by atoms with Crippen LogP contribution < -0.4 is 4.74 Å². The summed E-state index contributed by atoms with van der Waals surface area (Å²) in [4.78, 5) is 11.6. The summed E-state index contributed by atoms with van der Waals surface area (Å²) < 4.78 is 12.1. The van der Waals surface area contributed by atoms with E-state index in [4.69, 9.17) is 9.47 Å². The molecule has 0 saturated heterocycles. The molecular formula is C27H37BrO4. The second-order valence-corrected chi connectivity index (χ2v) is 12.5. The summed E-state index contributed by atoms with van der Waals surface area (Å²) in [5.41, 5.74) is -0.802. The lowest BCUT2D eigenvalue weighted by Crippen LogP contribution is -2.67. The zero-order valence-electron chi connectivity index (χ0n) is 19.6. The highest BCUT2D eigenvalue weighted by molar-refractivity contribution is 9.09. The summed E-state index contributed by atoms with van der Waals surface area (Å²) in [7, 11) is 0. The molecule has 0 amide bonds. The van der Waals surface area contributed by atoms with Gasteiger partial charge in [-0.3, -0.25) is 4.79 Å². The topological polar surface area (TPSA) is 55.8 Å². The molecule has 4 fully saturated rings. The Labute approximate surface area is 200 Å². The van der Waals surface area contributed by atoms with Crippen LogP contribution in [0.3, 0.4) is 0 Å². The number of carbonyl (C=O) groups is 1. The number of carbonyl (C=O) groups excluding carboxylic acids is 1. The van der Waals surface area contributed by atoms with E-state index in [2.05, 4.69) is 41.9 Å². The summed E-state index contributed by atoms with van der Waals surface area (Å²) >= 11 is 3.94. The summed E-state index contributed by atoms with van der Waals surface area (Å²) in [6, 6.07) is 10.3. The Morgan fingerprint density at radius 1 is 1.06 bits per heavy atom. The molecule has 176 valence electrons. The van der Waals surface area contributed by atoms with Crippen molar-refractivity contribution in [3.63, 3.8) is 0 Å². The lowest BCUT2D eigenvalue weighted by Gasteiger charge is -2.65. The third-order valence-corrected chi connectivity index (χ3v) is 11.2. The lowest BCUT2D eigenvalue weighted by atomic mass is 9.43. The quantitative estimate of drug-likeness (QED) is 0.411. The van der Waals surface area contributed by atoms with Crippen LogP contribution in [0.1, 0.15) is 72.1 Å². The van der Waals surface area contributed by atoms with Gasteiger partial charge in [0.15, 0.2) is 0 Å². The third kappa shape index (κ3) is 3.36. The van der Waals surface area contributed by atoms with Crippen LogP contribution in [0.25, 0.3) is 0 Å². The molecule has 9 atom stereocenters. The molecule has 0 aliphatic heterocycles. The highest BCUT2D eigenvalue weighted by Gasteiger charge is 2.67. The number of halogens is 1. The van der Waals surface area contributed by atoms with Crippen LogP contribution in [-0.2, 0) is 9.53 Å². The number of aliphatic hydroxyl groups is 1. The SMILES string of the molecule is CC(=O)OC1CC[C@]2(C)[C@H]3CC[C@]4(C)C(Oc5ccccc5)CC[C@H]4[C@@H]3CC(Br)C2(O)C1. The first-order valence-electron chi connectivity index (χ1n) is 12.4. The van der Waals surface area contributed by atoms with Gasteiger partial charge in [0.25, 0.3) is 0 Å². The zero-order chi connectivity index (χ0) is 22.7. The molecule has 4 aliphatic rings. The standard InChI is InChI=1S/C27H37BrO4/c1-17(29)31-19-11-14-26(3)22-12-13-25(2)21(20(22)15-23(28)27(26,30)16-19)9-10-24(25)32-18-7-5-4-6-8-18/h4-8,19-24,30H,9-16H2,1-3H3/t19?,20-,21-,22-,23?,24?,25-,26+,27?/m0/s1. The van der Waals surface area contributed by atoms with E-state index in [1.54, 1.807) is 0 Å². The van der Waals surface area contributed by atoms with Gasteiger partial charge in [-0.2, -0.15) is 0 Å². The van der Waals surface area contributed by atoms with Crippen molar-refractivity contribution < 1.29 is 19.4 Å². The Hall–Kier alpha value is -1.07. The molecule has 5 heteroatoms.